The van der Waals surface area contributed by atoms with Gasteiger partial charge in [-0.25, -0.2) is 0 Å². The predicted octanol–water partition coefficient (Wildman–Crippen LogP) is 0.975. The molecule has 15 heavy (non-hydrogen) atoms. The van der Waals surface area contributed by atoms with Crippen LogP contribution in [0.3, 0.4) is 0 Å². The first-order chi connectivity index (χ1) is 7.24. The monoisotopic (exact) mass is 212 g/mol. The maximum absolute atomic E-state index is 10.7. The Bertz CT molecular complexity index is 204. The third-order valence-corrected chi connectivity index (χ3v) is 4.10. The van der Waals surface area contributed by atoms with Gasteiger partial charge in [-0.05, 0) is 51.7 Å². The van der Waals surface area contributed by atoms with Crippen LogP contribution in [0.1, 0.15) is 39.0 Å². The summed E-state index contributed by atoms with van der Waals surface area (Å²) in [5.74, 6) is 0. The molecule has 3 nitrogen and oxygen atoms in total. The summed E-state index contributed by atoms with van der Waals surface area (Å²) in [6, 6.07) is 0.356. The van der Waals surface area contributed by atoms with Gasteiger partial charge in [0.1, 0.15) is 0 Å². The second-order valence-corrected chi connectivity index (χ2v) is 5.04. The molecule has 2 heterocycles. The minimum Gasteiger partial charge on any atom is -0.388 e. The zero-order valence-electron chi connectivity index (χ0n) is 9.84. The summed E-state index contributed by atoms with van der Waals surface area (Å²) in [5, 5.41) is 14.1. The Morgan fingerprint density at radius 2 is 2.20 bits per heavy atom. The van der Waals surface area contributed by atoms with Gasteiger partial charge in [-0.2, -0.15) is 0 Å². The van der Waals surface area contributed by atoms with Crippen molar-refractivity contribution in [3.05, 3.63) is 0 Å². The molecule has 0 radical (unpaired) electrons. The van der Waals surface area contributed by atoms with E-state index < -0.39 is 5.60 Å². The van der Waals surface area contributed by atoms with E-state index in [4.69, 9.17) is 0 Å². The van der Waals surface area contributed by atoms with Crippen LogP contribution in [0.25, 0.3) is 0 Å². The number of nitrogens with zero attached hydrogens (tertiary/aromatic N) is 1. The van der Waals surface area contributed by atoms with Gasteiger partial charge in [0.15, 0.2) is 0 Å². The molecule has 0 aromatic rings. The summed E-state index contributed by atoms with van der Waals surface area (Å²) in [7, 11) is 0. The Morgan fingerprint density at radius 3 is 2.87 bits per heavy atom. The van der Waals surface area contributed by atoms with Crippen molar-refractivity contribution in [2.24, 2.45) is 0 Å². The van der Waals surface area contributed by atoms with Crippen LogP contribution in [0.4, 0.5) is 0 Å². The highest BCUT2D eigenvalue weighted by atomic mass is 16.3. The standard InChI is InChI=1S/C12H24N2O/c1-2-14-9-4-6-12(15,7-10-14)11-5-3-8-13-11/h11,13,15H,2-10H2,1H3. The Morgan fingerprint density at radius 1 is 1.33 bits per heavy atom. The lowest BCUT2D eigenvalue weighted by molar-refractivity contribution is -0.00579. The summed E-state index contributed by atoms with van der Waals surface area (Å²) >= 11 is 0. The van der Waals surface area contributed by atoms with Gasteiger partial charge >= 0.3 is 0 Å². The molecule has 2 rings (SSSR count). The minimum atomic E-state index is -0.430. The summed E-state index contributed by atoms with van der Waals surface area (Å²) in [4.78, 5) is 2.45. The van der Waals surface area contributed by atoms with Crippen LogP contribution in [0, 0.1) is 0 Å². The molecule has 0 aromatic heterocycles. The maximum Gasteiger partial charge on any atom is 0.0812 e. The molecule has 2 N–H and O–H groups in total. The number of likely N-dealkylation sites (tertiary alicyclic amines) is 1. The quantitative estimate of drug-likeness (QED) is 0.716. The highest BCUT2D eigenvalue weighted by Gasteiger charge is 2.38. The number of rotatable bonds is 2. The molecule has 2 unspecified atom stereocenters. The molecular formula is C12H24N2O. The van der Waals surface area contributed by atoms with Gasteiger partial charge in [0.05, 0.1) is 5.60 Å². The lowest BCUT2D eigenvalue weighted by atomic mass is 9.86. The first-order valence-electron chi connectivity index (χ1n) is 6.43. The first-order valence-corrected chi connectivity index (χ1v) is 6.43. The SMILES string of the molecule is CCN1CCCC(O)(C2CCCN2)CC1. The molecule has 2 fully saturated rings. The molecule has 3 heteroatoms. The third kappa shape index (κ3) is 2.52. The van der Waals surface area contributed by atoms with Crippen molar-refractivity contribution in [1.82, 2.24) is 10.2 Å². The maximum atomic E-state index is 10.7. The van der Waals surface area contributed by atoms with E-state index in [0.717, 1.165) is 51.9 Å². The first kappa shape index (κ1) is 11.4. The smallest absolute Gasteiger partial charge is 0.0812 e. The topological polar surface area (TPSA) is 35.5 Å². The number of aliphatic hydroxyl groups is 1. The second kappa shape index (κ2) is 4.81. The van der Waals surface area contributed by atoms with Crippen molar-refractivity contribution in [3.63, 3.8) is 0 Å². The molecular weight excluding hydrogens is 188 g/mol. The van der Waals surface area contributed by atoms with E-state index in [1.165, 1.54) is 6.42 Å². The average molecular weight is 212 g/mol. The van der Waals surface area contributed by atoms with Crippen LogP contribution in [-0.4, -0.2) is 47.8 Å². The number of hydrogen-bond donors (Lipinski definition) is 2. The van der Waals surface area contributed by atoms with Gasteiger partial charge in [0, 0.05) is 12.6 Å². The molecule has 0 amide bonds. The largest absolute Gasteiger partial charge is 0.388 e. The van der Waals surface area contributed by atoms with Crippen LogP contribution in [0.5, 0.6) is 0 Å². The summed E-state index contributed by atoms with van der Waals surface area (Å²) in [5.41, 5.74) is -0.430. The van der Waals surface area contributed by atoms with Crippen molar-refractivity contribution in [2.45, 2.75) is 50.7 Å². The lowest BCUT2D eigenvalue weighted by Crippen LogP contribution is -2.48. The fourth-order valence-electron chi connectivity index (χ4n) is 3.01. The predicted molar refractivity (Wildman–Crippen MR) is 61.9 cm³/mol. The average Bonchev–Trinajstić information content (AvgIpc) is 2.71. The van der Waals surface area contributed by atoms with Crippen molar-refractivity contribution in [3.8, 4) is 0 Å². The molecule has 0 spiro atoms. The fraction of sp³-hybridized carbons (Fsp3) is 1.00. The van der Waals surface area contributed by atoms with E-state index in [-0.39, 0.29) is 0 Å². The van der Waals surface area contributed by atoms with Crippen molar-refractivity contribution < 1.29 is 5.11 Å². The summed E-state index contributed by atoms with van der Waals surface area (Å²) in [6.07, 6.45) is 5.44. The Labute approximate surface area is 92.8 Å². The van der Waals surface area contributed by atoms with Gasteiger partial charge in [-0.3, -0.25) is 0 Å². The van der Waals surface area contributed by atoms with Crippen LogP contribution >= 0.6 is 0 Å². The fourth-order valence-corrected chi connectivity index (χ4v) is 3.01. The Balaban J connectivity index is 1.95. The molecule has 0 aliphatic carbocycles. The van der Waals surface area contributed by atoms with E-state index in [2.05, 4.69) is 17.1 Å². The minimum absolute atomic E-state index is 0.356. The van der Waals surface area contributed by atoms with Crippen LogP contribution in [0.15, 0.2) is 0 Å². The highest BCUT2D eigenvalue weighted by molar-refractivity contribution is 4.96. The van der Waals surface area contributed by atoms with Crippen LogP contribution < -0.4 is 5.32 Å². The molecule has 0 aromatic carbocycles. The molecule has 2 aliphatic rings. The highest BCUT2D eigenvalue weighted by Crippen LogP contribution is 2.29. The molecule has 2 aliphatic heterocycles. The van der Waals surface area contributed by atoms with Gasteiger partial charge in [0.2, 0.25) is 0 Å². The summed E-state index contributed by atoms with van der Waals surface area (Å²) in [6.45, 7) is 6.63. The van der Waals surface area contributed by atoms with E-state index in [1.54, 1.807) is 0 Å². The van der Waals surface area contributed by atoms with E-state index in [0.29, 0.717) is 6.04 Å². The molecule has 2 atom stereocenters. The molecule has 88 valence electrons. The zero-order valence-corrected chi connectivity index (χ0v) is 9.84. The zero-order chi connectivity index (χ0) is 10.7. The molecule has 2 saturated heterocycles. The normalized spacial score (nSPS) is 39.2. The van der Waals surface area contributed by atoms with Crippen LogP contribution in [0.2, 0.25) is 0 Å². The van der Waals surface area contributed by atoms with Gasteiger partial charge in [0.25, 0.3) is 0 Å². The third-order valence-electron chi connectivity index (χ3n) is 4.10. The van der Waals surface area contributed by atoms with E-state index >= 15 is 0 Å². The van der Waals surface area contributed by atoms with Crippen molar-refractivity contribution >= 4 is 0 Å². The van der Waals surface area contributed by atoms with Gasteiger partial charge in [-0.15, -0.1) is 0 Å². The Hall–Kier alpha value is -0.120. The van der Waals surface area contributed by atoms with E-state index in [9.17, 15) is 5.11 Å². The lowest BCUT2D eigenvalue weighted by Gasteiger charge is -2.33. The molecule has 0 bridgehead atoms. The summed E-state index contributed by atoms with van der Waals surface area (Å²) < 4.78 is 0. The number of hydrogen-bond acceptors (Lipinski definition) is 3. The van der Waals surface area contributed by atoms with Crippen LogP contribution in [-0.2, 0) is 0 Å². The Kier molecular flexibility index (Phi) is 3.65. The van der Waals surface area contributed by atoms with Crippen molar-refractivity contribution in [2.75, 3.05) is 26.2 Å². The van der Waals surface area contributed by atoms with E-state index in [1.807, 2.05) is 0 Å². The molecule has 0 saturated carbocycles. The van der Waals surface area contributed by atoms with Gasteiger partial charge < -0.3 is 15.3 Å². The second-order valence-electron chi connectivity index (χ2n) is 5.04. The van der Waals surface area contributed by atoms with Crippen molar-refractivity contribution in [1.29, 1.82) is 0 Å². The van der Waals surface area contributed by atoms with Gasteiger partial charge in [-0.1, -0.05) is 6.92 Å². The number of nitrogens with one attached hydrogen (secondary N) is 1.